The molecule has 0 aromatic carbocycles. The summed E-state index contributed by atoms with van der Waals surface area (Å²) in [4.78, 5) is 6.57. The fraction of sp³-hybridized carbons (Fsp3) is 0.409. The third-order valence-electron chi connectivity index (χ3n) is 4.68. The molecule has 0 bridgehead atoms. The molecule has 1 rings (SSSR count). The SMILES string of the molecule is C=CCCC(CC=C)C(C)N1C=C(/C=C/CNC(C)=CC)C(N)=NC1=C. The molecule has 0 aromatic rings. The molecule has 3 N–H and O–H groups in total. The number of aliphatic imine (C=N–C) groups is 1. The number of nitrogens with two attached hydrogens (primary N) is 1. The molecule has 142 valence electrons. The predicted molar refractivity (Wildman–Crippen MR) is 114 cm³/mol. The molecule has 0 amide bonds. The minimum Gasteiger partial charge on any atom is -0.385 e. The van der Waals surface area contributed by atoms with Crippen LogP contribution in [0.25, 0.3) is 0 Å². The van der Waals surface area contributed by atoms with Gasteiger partial charge in [0.1, 0.15) is 11.7 Å². The van der Waals surface area contributed by atoms with Gasteiger partial charge in [0.05, 0.1) is 0 Å². The van der Waals surface area contributed by atoms with Crippen LogP contribution >= 0.6 is 0 Å². The summed E-state index contributed by atoms with van der Waals surface area (Å²) in [6.07, 6.45) is 15.1. The molecule has 0 fully saturated rings. The van der Waals surface area contributed by atoms with Crippen molar-refractivity contribution in [1.82, 2.24) is 10.2 Å². The molecule has 2 unspecified atom stereocenters. The van der Waals surface area contributed by atoms with Crippen LogP contribution in [0.4, 0.5) is 0 Å². The van der Waals surface area contributed by atoms with Gasteiger partial charge < -0.3 is 16.0 Å². The molecule has 1 heterocycles. The van der Waals surface area contributed by atoms with E-state index in [4.69, 9.17) is 5.73 Å². The molecule has 1 aliphatic heterocycles. The van der Waals surface area contributed by atoms with Crippen molar-refractivity contribution >= 4 is 5.84 Å². The van der Waals surface area contributed by atoms with Crippen LogP contribution in [-0.2, 0) is 0 Å². The van der Waals surface area contributed by atoms with Crippen LogP contribution in [0.5, 0.6) is 0 Å². The zero-order valence-electron chi connectivity index (χ0n) is 16.5. The predicted octanol–water partition coefficient (Wildman–Crippen LogP) is 4.63. The van der Waals surface area contributed by atoms with Crippen LogP contribution in [0.2, 0.25) is 0 Å². The zero-order valence-corrected chi connectivity index (χ0v) is 16.5. The number of allylic oxidation sites excluding steroid dienone is 4. The summed E-state index contributed by atoms with van der Waals surface area (Å²) in [5.41, 5.74) is 8.15. The van der Waals surface area contributed by atoms with E-state index in [1.54, 1.807) is 0 Å². The van der Waals surface area contributed by atoms with E-state index in [1.165, 1.54) is 0 Å². The summed E-state index contributed by atoms with van der Waals surface area (Å²) in [5, 5.41) is 3.30. The Bertz CT molecular complexity index is 622. The molecule has 2 atom stereocenters. The number of hydrogen-bond donors (Lipinski definition) is 2. The van der Waals surface area contributed by atoms with E-state index in [0.717, 1.165) is 37.1 Å². The van der Waals surface area contributed by atoms with E-state index in [2.05, 4.69) is 54.1 Å². The van der Waals surface area contributed by atoms with Gasteiger partial charge in [-0.25, -0.2) is 4.99 Å². The number of rotatable bonds is 11. The second-order valence-corrected chi connectivity index (χ2v) is 6.55. The summed E-state index contributed by atoms with van der Waals surface area (Å²) in [6, 6.07) is 0.254. The Morgan fingerprint density at radius 3 is 2.73 bits per heavy atom. The second kappa shape index (κ2) is 11.2. The summed E-state index contributed by atoms with van der Waals surface area (Å²) < 4.78 is 0. The van der Waals surface area contributed by atoms with Crippen LogP contribution in [-0.4, -0.2) is 23.3 Å². The summed E-state index contributed by atoms with van der Waals surface area (Å²) >= 11 is 0. The van der Waals surface area contributed by atoms with Gasteiger partial charge in [0, 0.05) is 30.1 Å². The van der Waals surface area contributed by atoms with E-state index in [1.807, 2.05) is 38.2 Å². The first-order valence-corrected chi connectivity index (χ1v) is 9.23. The largest absolute Gasteiger partial charge is 0.385 e. The normalized spacial score (nSPS) is 17.6. The lowest BCUT2D eigenvalue weighted by molar-refractivity contribution is 0.246. The lowest BCUT2D eigenvalue weighted by Gasteiger charge is -2.35. The third kappa shape index (κ3) is 6.43. The molecule has 1 aliphatic rings. The Morgan fingerprint density at radius 2 is 2.12 bits per heavy atom. The van der Waals surface area contributed by atoms with Gasteiger partial charge in [0.15, 0.2) is 0 Å². The highest BCUT2D eigenvalue weighted by atomic mass is 15.2. The standard InChI is InChI=1S/C22H34N4/c1-7-10-13-20(12-8-2)18(5)26-16-21(22(23)25-19(26)6)14-11-15-24-17(4)9-3/h7-9,11,14,16,18,20,24H,1-2,6,10,12-13,15H2,3-5H3,(H2,23,25)/b14-11+,17-9?. The van der Waals surface area contributed by atoms with Crippen LogP contribution in [0, 0.1) is 5.92 Å². The van der Waals surface area contributed by atoms with E-state index >= 15 is 0 Å². The quantitative estimate of drug-likeness (QED) is 0.532. The summed E-state index contributed by atoms with van der Waals surface area (Å²) in [6.45, 7) is 18.8. The maximum Gasteiger partial charge on any atom is 0.134 e. The van der Waals surface area contributed by atoms with Gasteiger partial charge in [-0.3, -0.25) is 0 Å². The molecular weight excluding hydrogens is 320 g/mol. The molecular formula is C22H34N4. The molecule has 0 saturated heterocycles. The highest BCUT2D eigenvalue weighted by molar-refractivity contribution is 6.00. The Kier molecular flexibility index (Phi) is 9.27. The second-order valence-electron chi connectivity index (χ2n) is 6.55. The highest BCUT2D eigenvalue weighted by Crippen LogP contribution is 2.27. The maximum atomic E-state index is 6.10. The molecule has 0 saturated carbocycles. The van der Waals surface area contributed by atoms with Crippen molar-refractivity contribution in [1.29, 1.82) is 0 Å². The minimum atomic E-state index is 0.254. The number of nitrogens with zero attached hydrogens (tertiary/aromatic N) is 2. The third-order valence-corrected chi connectivity index (χ3v) is 4.68. The molecule has 4 nitrogen and oxygen atoms in total. The first-order chi connectivity index (χ1) is 12.4. The fourth-order valence-corrected chi connectivity index (χ4v) is 2.87. The number of nitrogens with one attached hydrogen (secondary N) is 1. The number of hydrogen-bond acceptors (Lipinski definition) is 4. The van der Waals surface area contributed by atoms with E-state index < -0.39 is 0 Å². The van der Waals surface area contributed by atoms with Crippen LogP contribution < -0.4 is 11.1 Å². The molecule has 0 aromatic heterocycles. The Labute approximate surface area is 159 Å². The van der Waals surface area contributed by atoms with Gasteiger partial charge in [-0.15, -0.1) is 13.2 Å². The topological polar surface area (TPSA) is 53.6 Å². The Balaban J connectivity index is 2.90. The smallest absolute Gasteiger partial charge is 0.134 e. The Morgan fingerprint density at radius 1 is 1.38 bits per heavy atom. The van der Waals surface area contributed by atoms with Crippen molar-refractivity contribution in [3.05, 3.63) is 73.4 Å². The number of amidine groups is 1. The van der Waals surface area contributed by atoms with Crippen molar-refractivity contribution in [3.8, 4) is 0 Å². The van der Waals surface area contributed by atoms with Gasteiger partial charge in [-0.2, -0.15) is 0 Å². The fourth-order valence-electron chi connectivity index (χ4n) is 2.87. The monoisotopic (exact) mass is 354 g/mol. The zero-order chi connectivity index (χ0) is 19.5. The lowest BCUT2D eigenvalue weighted by atomic mass is 9.91. The van der Waals surface area contributed by atoms with E-state index in [0.29, 0.717) is 17.6 Å². The van der Waals surface area contributed by atoms with Crippen LogP contribution in [0.3, 0.4) is 0 Å². The van der Waals surface area contributed by atoms with Gasteiger partial charge in [-0.05, 0) is 46.0 Å². The van der Waals surface area contributed by atoms with Gasteiger partial charge in [0.2, 0.25) is 0 Å². The van der Waals surface area contributed by atoms with Gasteiger partial charge in [0.25, 0.3) is 0 Å². The lowest BCUT2D eigenvalue weighted by Crippen LogP contribution is -2.37. The van der Waals surface area contributed by atoms with Crippen molar-refractivity contribution in [2.24, 2.45) is 16.6 Å². The summed E-state index contributed by atoms with van der Waals surface area (Å²) in [7, 11) is 0. The molecule has 0 radical (unpaired) electrons. The van der Waals surface area contributed by atoms with Gasteiger partial charge in [-0.1, -0.05) is 37.0 Å². The highest BCUT2D eigenvalue weighted by Gasteiger charge is 2.25. The average molecular weight is 355 g/mol. The first-order valence-electron chi connectivity index (χ1n) is 9.23. The van der Waals surface area contributed by atoms with E-state index in [-0.39, 0.29) is 6.04 Å². The van der Waals surface area contributed by atoms with Crippen molar-refractivity contribution in [3.63, 3.8) is 0 Å². The van der Waals surface area contributed by atoms with Crippen LogP contribution in [0.15, 0.2) is 78.4 Å². The Hall–Kier alpha value is -2.49. The van der Waals surface area contributed by atoms with Crippen molar-refractivity contribution in [2.45, 2.75) is 46.1 Å². The van der Waals surface area contributed by atoms with Crippen LogP contribution in [0.1, 0.15) is 40.0 Å². The van der Waals surface area contributed by atoms with Gasteiger partial charge >= 0.3 is 0 Å². The maximum absolute atomic E-state index is 6.10. The summed E-state index contributed by atoms with van der Waals surface area (Å²) in [5.74, 6) is 1.64. The van der Waals surface area contributed by atoms with E-state index in [9.17, 15) is 0 Å². The molecule has 0 spiro atoms. The average Bonchev–Trinajstić information content (AvgIpc) is 2.62. The molecule has 0 aliphatic carbocycles. The molecule has 4 heteroatoms. The molecule has 26 heavy (non-hydrogen) atoms. The van der Waals surface area contributed by atoms with Crippen molar-refractivity contribution < 1.29 is 0 Å². The van der Waals surface area contributed by atoms with Crippen molar-refractivity contribution in [2.75, 3.05) is 6.54 Å². The minimum absolute atomic E-state index is 0.254. The first kappa shape index (κ1) is 21.6.